The molecule has 1 fully saturated rings. The van der Waals surface area contributed by atoms with Gasteiger partial charge in [-0.1, -0.05) is 23.7 Å². The Morgan fingerprint density at radius 1 is 0.944 bits per heavy atom. The van der Waals surface area contributed by atoms with Gasteiger partial charge in [0.2, 0.25) is 5.91 Å². The Morgan fingerprint density at radius 2 is 1.69 bits per heavy atom. The zero-order valence-corrected chi connectivity index (χ0v) is 20.1. The molecule has 1 aliphatic heterocycles. The smallest absolute Gasteiger partial charge is 0.343 e. The lowest BCUT2D eigenvalue weighted by Crippen LogP contribution is -2.27. The fraction of sp³-hybridized carbons (Fsp3) is 0.185. The van der Waals surface area contributed by atoms with E-state index in [2.05, 4.69) is 0 Å². The SMILES string of the molecule is COc1cccc(C(=O)Oc2ccc(C(=O)COC(=O)[C@H]3CC(=O)N(c4cccc(Cl)c4)C3)cc2)c1. The van der Waals surface area contributed by atoms with Gasteiger partial charge in [-0.3, -0.25) is 14.4 Å². The molecule has 0 aromatic heterocycles. The Balaban J connectivity index is 1.29. The van der Waals surface area contributed by atoms with Crippen molar-refractivity contribution in [2.24, 2.45) is 5.92 Å². The van der Waals surface area contributed by atoms with E-state index in [1.807, 2.05) is 0 Å². The first-order valence-electron chi connectivity index (χ1n) is 11.1. The molecule has 1 atom stereocenters. The minimum atomic E-state index is -0.678. The maximum Gasteiger partial charge on any atom is 0.343 e. The number of amides is 1. The van der Waals surface area contributed by atoms with Gasteiger partial charge in [0.25, 0.3) is 0 Å². The average molecular weight is 508 g/mol. The van der Waals surface area contributed by atoms with Gasteiger partial charge in [0, 0.05) is 29.2 Å². The zero-order valence-electron chi connectivity index (χ0n) is 19.3. The van der Waals surface area contributed by atoms with Crippen LogP contribution in [-0.2, 0) is 14.3 Å². The number of nitrogens with zero attached hydrogens (tertiary/aromatic N) is 1. The summed E-state index contributed by atoms with van der Waals surface area (Å²) in [5.41, 5.74) is 1.21. The Morgan fingerprint density at radius 3 is 2.42 bits per heavy atom. The molecule has 1 heterocycles. The molecule has 9 heteroatoms. The molecule has 1 amide bonds. The largest absolute Gasteiger partial charge is 0.497 e. The van der Waals surface area contributed by atoms with E-state index in [4.69, 9.17) is 25.8 Å². The van der Waals surface area contributed by atoms with Gasteiger partial charge in [-0.2, -0.15) is 0 Å². The van der Waals surface area contributed by atoms with Crippen LogP contribution < -0.4 is 14.4 Å². The number of benzene rings is 3. The molecule has 3 aromatic carbocycles. The second-order valence-corrected chi connectivity index (χ2v) is 8.50. The molecule has 0 aliphatic carbocycles. The first-order valence-corrected chi connectivity index (χ1v) is 11.4. The highest BCUT2D eigenvalue weighted by molar-refractivity contribution is 6.31. The van der Waals surface area contributed by atoms with E-state index in [-0.39, 0.29) is 30.2 Å². The highest BCUT2D eigenvalue weighted by Crippen LogP contribution is 2.28. The average Bonchev–Trinajstić information content (AvgIpc) is 3.29. The van der Waals surface area contributed by atoms with E-state index < -0.39 is 30.2 Å². The van der Waals surface area contributed by atoms with Crippen molar-refractivity contribution >= 4 is 40.9 Å². The summed E-state index contributed by atoms with van der Waals surface area (Å²) >= 11 is 5.99. The maximum atomic E-state index is 12.5. The number of rotatable bonds is 8. The third-order valence-corrected chi connectivity index (χ3v) is 5.85. The first kappa shape index (κ1) is 24.9. The molecule has 1 aliphatic rings. The van der Waals surface area contributed by atoms with Crippen LogP contribution in [0.5, 0.6) is 11.5 Å². The Labute approximate surface area is 212 Å². The number of ketones is 1. The summed E-state index contributed by atoms with van der Waals surface area (Å²) in [4.78, 5) is 51.1. The Bertz CT molecular complexity index is 1310. The summed E-state index contributed by atoms with van der Waals surface area (Å²) < 4.78 is 15.6. The van der Waals surface area contributed by atoms with Gasteiger partial charge < -0.3 is 19.1 Å². The van der Waals surface area contributed by atoms with Crippen molar-refractivity contribution < 1.29 is 33.4 Å². The van der Waals surface area contributed by atoms with Crippen LogP contribution in [0.3, 0.4) is 0 Å². The van der Waals surface area contributed by atoms with Gasteiger partial charge in [0.15, 0.2) is 12.4 Å². The number of carbonyl (C=O) groups excluding carboxylic acids is 4. The minimum absolute atomic E-state index is 0.00705. The van der Waals surface area contributed by atoms with Crippen LogP contribution in [-0.4, -0.2) is 43.9 Å². The van der Waals surface area contributed by atoms with Crippen molar-refractivity contribution in [2.75, 3.05) is 25.2 Å². The topological polar surface area (TPSA) is 99.2 Å². The van der Waals surface area contributed by atoms with Gasteiger partial charge >= 0.3 is 11.9 Å². The molecule has 36 heavy (non-hydrogen) atoms. The van der Waals surface area contributed by atoms with Crippen LogP contribution in [0.4, 0.5) is 5.69 Å². The molecular weight excluding hydrogens is 486 g/mol. The number of Topliss-reactive ketones (excluding diaryl/α,β-unsaturated/α-hetero) is 1. The minimum Gasteiger partial charge on any atom is -0.497 e. The molecular formula is C27H22ClNO7. The molecule has 4 rings (SSSR count). The van der Waals surface area contributed by atoms with Crippen molar-refractivity contribution in [3.05, 3.63) is 88.9 Å². The highest BCUT2D eigenvalue weighted by atomic mass is 35.5. The van der Waals surface area contributed by atoms with E-state index in [9.17, 15) is 19.2 Å². The number of hydrogen-bond acceptors (Lipinski definition) is 7. The van der Waals surface area contributed by atoms with Gasteiger partial charge in [-0.15, -0.1) is 0 Å². The molecule has 0 bridgehead atoms. The molecule has 0 spiro atoms. The van der Waals surface area contributed by atoms with Crippen LogP contribution >= 0.6 is 11.6 Å². The fourth-order valence-corrected chi connectivity index (χ4v) is 3.91. The molecule has 0 N–H and O–H groups in total. The first-order chi connectivity index (χ1) is 17.3. The summed E-state index contributed by atoms with van der Waals surface area (Å²) in [6.45, 7) is -0.316. The Hall–Kier alpha value is -4.17. The lowest BCUT2D eigenvalue weighted by molar-refractivity contribution is -0.147. The van der Waals surface area contributed by atoms with E-state index in [1.165, 1.54) is 36.3 Å². The number of ether oxygens (including phenoxy) is 3. The summed E-state index contributed by atoms with van der Waals surface area (Å²) in [6.07, 6.45) is -0.00705. The summed E-state index contributed by atoms with van der Waals surface area (Å²) in [5, 5.41) is 0.484. The standard InChI is InChI=1S/C27H22ClNO7/c1-34-23-7-2-4-18(12-23)27(33)36-22-10-8-17(9-11-22)24(30)16-35-26(32)19-13-25(31)29(15-19)21-6-3-5-20(28)14-21/h2-12,14,19H,13,15-16H2,1H3/t19-/m0/s1. The number of anilines is 1. The van der Waals surface area contributed by atoms with Gasteiger partial charge in [-0.25, -0.2) is 4.79 Å². The monoisotopic (exact) mass is 507 g/mol. The van der Waals surface area contributed by atoms with Crippen LogP contribution in [0.25, 0.3) is 0 Å². The molecule has 3 aromatic rings. The highest BCUT2D eigenvalue weighted by Gasteiger charge is 2.36. The third-order valence-electron chi connectivity index (χ3n) is 5.62. The predicted octanol–water partition coefficient (Wildman–Crippen LogP) is 4.35. The van der Waals surface area contributed by atoms with E-state index in [1.54, 1.807) is 48.5 Å². The summed E-state index contributed by atoms with van der Waals surface area (Å²) in [5.74, 6) is -1.73. The fourth-order valence-electron chi connectivity index (χ4n) is 3.72. The van der Waals surface area contributed by atoms with Crippen molar-refractivity contribution in [2.45, 2.75) is 6.42 Å². The van der Waals surface area contributed by atoms with Crippen LogP contribution in [0.15, 0.2) is 72.8 Å². The second-order valence-electron chi connectivity index (χ2n) is 8.06. The predicted molar refractivity (Wildman–Crippen MR) is 132 cm³/mol. The summed E-state index contributed by atoms with van der Waals surface area (Å²) in [6, 6.07) is 19.3. The lowest BCUT2D eigenvalue weighted by atomic mass is 10.1. The number of methoxy groups -OCH3 is 1. The van der Waals surface area contributed by atoms with Crippen LogP contribution in [0, 0.1) is 5.92 Å². The molecule has 0 radical (unpaired) electrons. The third kappa shape index (κ3) is 5.90. The maximum absolute atomic E-state index is 12.5. The number of esters is 2. The van der Waals surface area contributed by atoms with Crippen molar-refractivity contribution in [3.63, 3.8) is 0 Å². The Kier molecular flexibility index (Phi) is 7.65. The van der Waals surface area contributed by atoms with Crippen molar-refractivity contribution in [1.29, 1.82) is 0 Å². The lowest BCUT2D eigenvalue weighted by Gasteiger charge is -2.16. The molecule has 0 unspecified atom stereocenters. The van der Waals surface area contributed by atoms with E-state index >= 15 is 0 Å². The number of halogens is 1. The van der Waals surface area contributed by atoms with Gasteiger partial charge in [0.1, 0.15) is 11.5 Å². The number of carbonyl (C=O) groups is 4. The van der Waals surface area contributed by atoms with Crippen LogP contribution in [0.2, 0.25) is 5.02 Å². The van der Waals surface area contributed by atoms with Crippen molar-refractivity contribution in [3.8, 4) is 11.5 Å². The van der Waals surface area contributed by atoms with E-state index in [0.29, 0.717) is 22.0 Å². The van der Waals surface area contributed by atoms with Gasteiger partial charge in [-0.05, 0) is 60.7 Å². The molecule has 8 nitrogen and oxygen atoms in total. The van der Waals surface area contributed by atoms with Crippen molar-refractivity contribution in [1.82, 2.24) is 0 Å². The second kappa shape index (κ2) is 11.0. The summed E-state index contributed by atoms with van der Waals surface area (Å²) in [7, 11) is 1.50. The number of hydrogen-bond donors (Lipinski definition) is 0. The molecule has 1 saturated heterocycles. The molecule has 0 saturated carbocycles. The molecule has 184 valence electrons. The quantitative estimate of drug-likeness (QED) is 0.254. The van der Waals surface area contributed by atoms with Gasteiger partial charge in [0.05, 0.1) is 18.6 Å². The zero-order chi connectivity index (χ0) is 25.7. The normalized spacial score (nSPS) is 14.9. The van der Waals surface area contributed by atoms with E-state index in [0.717, 1.165) is 0 Å². The van der Waals surface area contributed by atoms with Crippen LogP contribution in [0.1, 0.15) is 27.1 Å².